The molecule has 18 heavy (non-hydrogen) atoms. The summed E-state index contributed by atoms with van der Waals surface area (Å²) in [5, 5.41) is 11.6. The summed E-state index contributed by atoms with van der Waals surface area (Å²) in [5.74, 6) is -4.80. The van der Waals surface area contributed by atoms with E-state index in [-0.39, 0.29) is 19.4 Å². The van der Waals surface area contributed by atoms with E-state index in [9.17, 15) is 18.7 Å². The molecule has 2 N–H and O–H groups in total. The number of alkyl halides is 2. The lowest BCUT2D eigenvalue weighted by Crippen LogP contribution is -2.60. The molecule has 0 radical (unpaired) electrons. The smallest absolute Gasteiger partial charge is 0.352 e. The predicted octanol–water partition coefficient (Wildman–Crippen LogP) is 1.15. The molecule has 1 aliphatic carbocycles. The molecule has 0 atom stereocenters. The zero-order valence-corrected chi connectivity index (χ0v) is 9.87. The van der Waals surface area contributed by atoms with Crippen LogP contribution in [0.25, 0.3) is 0 Å². The van der Waals surface area contributed by atoms with Gasteiger partial charge in [0.1, 0.15) is 17.1 Å². The maximum Gasteiger partial charge on any atom is 0.352 e. The second-order valence-electron chi connectivity index (χ2n) is 4.50. The third-order valence-electron chi connectivity index (χ3n) is 3.31. The van der Waals surface area contributed by atoms with E-state index in [1.807, 2.05) is 0 Å². The van der Waals surface area contributed by atoms with Crippen molar-refractivity contribution in [3.63, 3.8) is 0 Å². The Kier molecular flexibility index (Phi) is 3.10. The van der Waals surface area contributed by atoms with E-state index in [2.05, 4.69) is 10.3 Å². The average Bonchev–Trinajstić information content (AvgIpc) is 2.68. The Labute approximate surface area is 102 Å². The number of hydrogen-bond donors (Lipinski definition) is 2. The van der Waals surface area contributed by atoms with Crippen LogP contribution in [-0.2, 0) is 11.3 Å². The summed E-state index contributed by atoms with van der Waals surface area (Å²) in [4.78, 5) is 15.2. The molecule has 0 unspecified atom stereocenters. The van der Waals surface area contributed by atoms with Crippen molar-refractivity contribution in [1.82, 2.24) is 10.3 Å². The van der Waals surface area contributed by atoms with E-state index in [4.69, 9.17) is 4.42 Å². The molecular weight excluding hydrogens is 246 g/mol. The highest BCUT2D eigenvalue weighted by molar-refractivity contribution is 5.85. The van der Waals surface area contributed by atoms with Crippen molar-refractivity contribution in [3.05, 3.63) is 17.8 Å². The zero-order chi connectivity index (χ0) is 13.4. The number of halogens is 2. The highest BCUT2D eigenvalue weighted by Gasteiger charge is 2.61. The van der Waals surface area contributed by atoms with Gasteiger partial charge in [-0.25, -0.2) is 4.98 Å². The number of aliphatic hydroxyl groups is 1. The molecule has 0 aliphatic heterocycles. The van der Waals surface area contributed by atoms with E-state index in [0.29, 0.717) is 17.9 Å². The summed E-state index contributed by atoms with van der Waals surface area (Å²) >= 11 is 0. The number of carbonyl (C=O) groups excluding carboxylic acids is 1. The summed E-state index contributed by atoms with van der Waals surface area (Å²) < 4.78 is 32.2. The Hall–Kier alpha value is -1.50. The molecule has 0 aromatic carbocycles. The zero-order valence-electron chi connectivity index (χ0n) is 9.87. The first kappa shape index (κ1) is 12.9. The molecule has 1 aliphatic rings. The number of amides is 1. The van der Waals surface area contributed by atoms with E-state index in [1.54, 1.807) is 6.92 Å². The van der Waals surface area contributed by atoms with Crippen LogP contribution in [-0.4, -0.2) is 27.5 Å². The summed E-state index contributed by atoms with van der Waals surface area (Å²) in [7, 11) is 0. The maximum atomic E-state index is 13.7. The van der Waals surface area contributed by atoms with Crippen molar-refractivity contribution >= 4 is 5.91 Å². The molecule has 1 amide bonds. The van der Waals surface area contributed by atoms with Crippen molar-refractivity contribution in [2.24, 2.45) is 0 Å². The number of hydrogen-bond acceptors (Lipinski definition) is 4. The van der Waals surface area contributed by atoms with Gasteiger partial charge in [-0.05, 0) is 26.2 Å². The minimum absolute atomic E-state index is 0.0591. The third kappa shape index (κ3) is 1.98. The Morgan fingerprint density at radius 1 is 1.67 bits per heavy atom. The molecule has 5 nitrogen and oxygen atoms in total. The van der Waals surface area contributed by atoms with Crippen molar-refractivity contribution < 1.29 is 23.1 Å². The Morgan fingerprint density at radius 3 is 2.78 bits per heavy atom. The van der Waals surface area contributed by atoms with Crippen LogP contribution >= 0.6 is 0 Å². The highest BCUT2D eigenvalue weighted by atomic mass is 19.3. The molecule has 0 spiro atoms. The van der Waals surface area contributed by atoms with Crippen LogP contribution in [0.4, 0.5) is 8.78 Å². The molecule has 100 valence electrons. The number of carbonyl (C=O) groups is 1. The monoisotopic (exact) mass is 260 g/mol. The van der Waals surface area contributed by atoms with Crippen LogP contribution < -0.4 is 5.32 Å². The second-order valence-corrected chi connectivity index (χ2v) is 4.50. The van der Waals surface area contributed by atoms with Crippen LogP contribution in [0.3, 0.4) is 0 Å². The number of oxazole rings is 1. The van der Waals surface area contributed by atoms with Gasteiger partial charge in [-0.2, -0.15) is 8.78 Å². The van der Waals surface area contributed by atoms with E-state index < -0.39 is 17.4 Å². The first-order valence-electron chi connectivity index (χ1n) is 5.64. The fourth-order valence-corrected chi connectivity index (χ4v) is 1.81. The molecule has 7 heteroatoms. The van der Waals surface area contributed by atoms with Gasteiger partial charge in [0.25, 0.3) is 5.91 Å². The van der Waals surface area contributed by atoms with Gasteiger partial charge in [-0.1, -0.05) is 0 Å². The fraction of sp³-hybridized carbons (Fsp3) is 0.636. The molecule has 1 heterocycles. The predicted molar refractivity (Wildman–Crippen MR) is 56.8 cm³/mol. The summed E-state index contributed by atoms with van der Waals surface area (Å²) in [6.07, 6.45) is 1.56. The number of aromatic nitrogens is 1. The van der Waals surface area contributed by atoms with Crippen LogP contribution in [0, 0.1) is 6.92 Å². The van der Waals surface area contributed by atoms with Crippen LogP contribution in [0.5, 0.6) is 0 Å². The molecule has 0 saturated heterocycles. The van der Waals surface area contributed by atoms with Gasteiger partial charge in [0.2, 0.25) is 0 Å². The van der Waals surface area contributed by atoms with Gasteiger partial charge < -0.3 is 14.8 Å². The third-order valence-corrected chi connectivity index (χ3v) is 3.31. The lowest BCUT2D eigenvalue weighted by molar-refractivity contribution is -0.216. The molecule has 2 rings (SSSR count). The normalized spacial score (nSPS) is 18.2. The quantitative estimate of drug-likeness (QED) is 0.851. The lowest BCUT2D eigenvalue weighted by atomic mass is 9.75. The van der Waals surface area contributed by atoms with Crippen molar-refractivity contribution in [2.45, 2.75) is 44.3 Å². The number of nitrogens with zero attached hydrogens (tertiary/aromatic N) is 1. The van der Waals surface area contributed by atoms with Gasteiger partial charge in [0.15, 0.2) is 6.39 Å². The maximum absolute atomic E-state index is 13.7. The van der Waals surface area contributed by atoms with Gasteiger partial charge in [-0.3, -0.25) is 4.79 Å². The lowest BCUT2D eigenvalue weighted by Gasteiger charge is -2.41. The summed E-state index contributed by atoms with van der Waals surface area (Å²) in [6, 6.07) is 0. The second kappa shape index (κ2) is 4.31. The average molecular weight is 260 g/mol. The van der Waals surface area contributed by atoms with Crippen LogP contribution in [0.15, 0.2) is 10.8 Å². The first-order chi connectivity index (χ1) is 8.37. The van der Waals surface area contributed by atoms with Gasteiger partial charge in [0.05, 0.1) is 6.54 Å². The number of nitrogens with one attached hydrogen (secondary N) is 1. The highest BCUT2D eigenvalue weighted by Crippen LogP contribution is 2.44. The minimum Gasteiger partial charge on any atom is -0.448 e. The number of aryl methyl sites for hydroxylation is 1. The molecule has 0 bridgehead atoms. The van der Waals surface area contributed by atoms with E-state index >= 15 is 0 Å². The summed E-state index contributed by atoms with van der Waals surface area (Å²) in [5.41, 5.74) is -1.81. The molecule has 1 fully saturated rings. The first-order valence-corrected chi connectivity index (χ1v) is 5.64. The van der Waals surface area contributed by atoms with Crippen LogP contribution in [0.2, 0.25) is 0 Å². The summed E-state index contributed by atoms with van der Waals surface area (Å²) in [6.45, 7) is 1.47. The molecule has 1 aromatic rings. The van der Waals surface area contributed by atoms with E-state index in [1.165, 1.54) is 6.39 Å². The minimum atomic E-state index is -3.77. The van der Waals surface area contributed by atoms with Crippen molar-refractivity contribution in [2.75, 3.05) is 0 Å². The molecule has 1 saturated carbocycles. The molecule has 1 aromatic heterocycles. The van der Waals surface area contributed by atoms with Crippen molar-refractivity contribution in [1.29, 1.82) is 0 Å². The Balaban J connectivity index is 1.97. The van der Waals surface area contributed by atoms with Gasteiger partial charge in [0, 0.05) is 0 Å². The fourth-order valence-electron chi connectivity index (χ4n) is 1.81. The SMILES string of the molecule is Cc1ocnc1CNC(=O)C(F)(F)C1(O)CCC1. The van der Waals surface area contributed by atoms with Crippen LogP contribution in [0.1, 0.15) is 30.7 Å². The standard InChI is InChI=1S/C11H14F2N2O3/c1-7-8(15-6-18-7)5-14-9(16)11(12,13)10(17)3-2-4-10/h6,17H,2-5H2,1H3,(H,14,16). The van der Waals surface area contributed by atoms with Gasteiger partial charge in [-0.15, -0.1) is 0 Å². The van der Waals surface area contributed by atoms with Crippen molar-refractivity contribution in [3.8, 4) is 0 Å². The Bertz CT molecular complexity index is 455. The number of rotatable bonds is 4. The van der Waals surface area contributed by atoms with Gasteiger partial charge >= 0.3 is 5.92 Å². The largest absolute Gasteiger partial charge is 0.448 e. The topological polar surface area (TPSA) is 75.4 Å². The Morgan fingerprint density at radius 2 is 2.33 bits per heavy atom. The molecular formula is C11H14F2N2O3. The van der Waals surface area contributed by atoms with E-state index in [0.717, 1.165) is 0 Å².